The summed E-state index contributed by atoms with van der Waals surface area (Å²) < 4.78 is 16.4. The smallest absolute Gasteiger partial charge is 0.134 e. The summed E-state index contributed by atoms with van der Waals surface area (Å²) in [4.78, 5) is 10.9. The van der Waals surface area contributed by atoms with Gasteiger partial charge in [-0.3, -0.25) is 9.00 Å². The zero-order chi connectivity index (χ0) is 9.68. The van der Waals surface area contributed by atoms with Crippen molar-refractivity contribution in [3.8, 4) is 0 Å². The van der Waals surface area contributed by atoms with Crippen molar-refractivity contribution in [2.75, 3.05) is 19.5 Å². The molecule has 0 amide bonds. The number of methoxy groups -OCH3 is 1. The van der Waals surface area contributed by atoms with E-state index in [0.717, 1.165) is 12.8 Å². The van der Waals surface area contributed by atoms with Gasteiger partial charge in [-0.25, -0.2) is 0 Å². The molecule has 0 radical (unpaired) electrons. The van der Waals surface area contributed by atoms with Crippen LogP contribution in [0.2, 0.25) is 0 Å². The number of hydrogen-bond acceptors (Lipinski definition) is 3. The van der Waals surface area contributed by atoms with Crippen molar-refractivity contribution in [1.29, 1.82) is 0 Å². The lowest BCUT2D eigenvalue weighted by atomic mass is 10.4. The van der Waals surface area contributed by atoms with Crippen molar-refractivity contribution in [2.45, 2.75) is 30.9 Å². The van der Waals surface area contributed by atoms with Crippen LogP contribution in [0, 0.1) is 0 Å². The fourth-order valence-electron chi connectivity index (χ4n) is 1.52. The van der Waals surface area contributed by atoms with Crippen LogP contribution in [0.25, 0.3) is 0 Å². The largest absolute Gasteiger partial charge is 0.385 e. The lowest BCUT2D eigenvalue weighted by Gasteiger charge is -2.07. The first kappa shape index (κ1) is 10.9. The topological polar surface area (TPSA) is 43.4 Å². The predicted molar refractivity (Wildman–Crippen MR) is 52.1 cm³/mol. The first-order valence-corrected chi connectivity index (χ1v) is 6.00. The van der Waals surface area contributed by atoms with Crippen LogP contribution in [-0.4, -0.2) is 34.7 Å². The summed E-state index contributed by atoms with van der Waals surface area (Å²) in [7, 11) is 0.823. The molecule has 0 aromatic rings. The Morgan fingerprint density at radius 3 is 2.92 bits per heavy atom. The van der Waals surface area contributed by atoms with E-state index < -0.39 is 10.8 Å². The van der Waals surface area contributed by atoms with E-state index in [0.29, 0.717) is 25.2 Å². The summed E-state index contributed by atoms with van der Waals surface area (Å²) in [6.07, 6.45) is 2.80. The van der Waals surface area contributed by atoms with Crippen LogP contribution in [0.15, 0.2) is 0 Å². The van der Waals surface area contributed by atoms with Gasteiger partial charge in [0.2, 0.25) is 0 Å². The Balaban J connectivity index is 2.20. The van der Waals surface area contributed by atoms with Crippen molar-refractivity contribution in [3.05, 3.63) is 0 Å². The molecule has 1 saturated carbocycles. The highest BCUT2D eigenvalue weighted by molar-refractivity contribution is 7.85. The lowest BCUT2D eigenvalue weighted by Crippen LogP contribution is -2.15. The number of Topliss-reactive ketones (excluding diaryl/α,β-unsaturated/α-hetero) is 1. The van der Waals surface area contributed by atoms with Crippen LogP contribution in [0.4, 0.5) is 0 Å². The highest BCUT2D eigenvalue weighted by Gasteiger charge is 2.26. The quantitative estimate of drug-likeness (QED) is 0.625. The first-order chi connectivity index (χ1) is 6.24. The Kier molecular flexibility index (Phi) is 4.59. The summed E-state index contributed by atoms with van der Waals surface area (Å²) in [6.45, 7) is 0.659. The number of ketones is 1. The minimum atomic E-state index is -0.818. The van der Waals surface area contributed by atoms with Crippen molar-refractivity contribution in [3.63, 3.8) is 0 Å². The second-order valence-electron chi connectivity index (χ2n) is 3.33. The molecule has 1 fully saturated rings. The fraction of sp³-hybridized carbons (Fsp3) is 0.889. The molecule has 0 aromatic carbocycles. The number of rotatable bonds is 5. The third-order valence-corrected chi connectivity index (χ3v) is 4.10. The van der Waals surface area contributed by atoms with E-state index in [9.17, 15) is 9.00 Å². The van der Waals surface area contributed by atoms with Crippen LogP contribution < -0.4 is 0 Å². The molecule has 4 heteroatoms. The lowest BCUT2D eigenvalue weighted by molar-refractivity contribution is -0.117. The molecule has 0 heterocycles. The molecule has 1 aliphatic carbocycles. The molecule has 0 N–H and O–H groups in total. The van der Waals surface area contributed by atoms with Crippen molar-refractivity contribution in [2.24, 2.45) is 0 Å². The minimum Gasteiger partial charge on any atom is -0.385 e. The van der Waals surface area contributed by atoms with Gasteiger partial charge in [0.25, 0.3) is 0 Å². The zero-order valence-electron chi connectivity index (χ0n) is 7.95. The second-order valence-corrected chi connectivity index (χ2v) is 5.17. The van der Waals surface area contributed by atoms with Crippen molar-refractivity contribution >= 4 is 16.6 Å². The zero-order valence-corrected chi connectivity index (χ0v) is 8.77. The average molecular weight is 204 g/mol. The highest BCUT2D eigenvalue weighted by atomic mass is 32.2. The van der Waals surface area contributed by atoms with Crippen LogP contribution >= 0.6 is 0 Å². The highest BCUT2D eigenvalue weighted by Crippen LogP contribution is 2.20. The molecule has 13 heavy (non-hydrogen) atoms. The van der Waals surface area contributed by atoms with Gasteiger partial charge in [0.15, 0.2) is 0 Å². The Bertz CT molecular complexity index is 203. The Morgan fingerprint density at radius 1 is 1.62 bits per heavy atom. The predicted octanol–water partition coefficient (Wildman–Crippen LogP) is 0.893. The van der Waals surface area contributed by atoms with E-state index in [-0.39, 0.29) is 11.0 Å². The Morgan fingerprint density at radius 2 is 2.38 bits per heavy atom. The maximum absolute atomic E-state index is 11.6. The monoisotopic (exact) mass is 204 g/mol. The summed E-state index contributed by atoms with van der Waals surface area (Å²) in [5.74, 6) is 0.941. The van der Waals surface area contributed by atoms with Gasteiger partial charge in [-0.2, -0.15) is 0 Å². The summed E-state index contributed by atoms with van der Waals surface area (Å²) in [6, 6.07) is 0. The third kappa shape index (κ3) is 3.56. The summed E-state index contributed by atoms with van der Waals surface area (Å²) >= 11 is 0. The third-order valence-electron chi connectivity index (χ3n) is 2.27. The van der Waals surface area contributed by atoms with E-state index in [1.54, 1.807) is 7.11 Å². The molecule has 2 unspecified atom stereocenters. The molecule has 0 bridgehead atoms. The van der Waals surface area contributed by atoms with Crippen LogP contribution in [0.5, 0.6) is 0 Å². The van der Waals surface area contributed by atoms with Crippen molar-refractivity contribution in [1.82, 2.24) is 0 Å². The SMILES string of the molecule is COCCCS(=O)C1CCC(=O)C1. The van der Waals surface area contributed by atoms with E-state index in [2.05, 4.69) is 0 Å². The molecule has 0 saturated heterocycles. The Labute approximate surface area is 81.3 Å². The molecule has 1 rings (SSSR count). The average Bonchev–Trinajstić information content (AvgIpc) is 2.52. The molecule has 0 aromatic heterocycles. The second kappa shape index (κ2) is 5.50. The normalized spacial score (nSPS) is 25.0. The van der Waals surface area contributed by atoms with Gasteiger partial charge in [0, 0.05) is 48.4 Å². The fourth-order valence-corrected chi connectivity index (χ4v) is 3.00. The molecule has 0 aliphatic heterocycles. The van der Waals surface area contributed by atoms with Gasteiger partial charge in [-0.15, -0.1) is 0 Å². The molecule has 76 valence electrons. The summed E-state index contributed by atoms with van der Waals surface area (Å²) in [5.41, 5.74) is 0. The molecule has 0 spiro atoms. The Hall–Kier alpha value is -0.220. The number of carbonyl (C=O) groups is 1. The van der Waals surface area contributed by atoms with Gasteiger partial charge in [-0.05, 0) is 12.8 Å². The van der Waals surface area contributed by atoms with Crippen LogP contribution in [0.3, 0.4) is 0 Å². The number of hydrogen-bond donors (Lipinski definition) is 0. The van der Waals surface area contributed by atoms with E-state index in [1.165, 1.54) is 0 Å². The molecular formula is C9H16O3S. The molecule has 1 aliphatic rings. The van der Waals surface area contributed by atoms with Gasteiger partial charge in [-0.1, -0.05) is 0 Å². The van der Waals surface area contributed by atoms with Gasteiger partial charge >= 0.3 is 0 Å². The van der Waals surface area contributed by atoms with Crippen LogP contribution in [0.1, 0.15) is 25.7 Å². The first-order valence-electron chi connectivity index (χ1n) is 4.62. The van der Waals surface area contributed by atoms with Crippen molar-refractivity contribution < 1.29 is 13.7 Å². The van der Waals surface area contributed by atoms with Gasteiger partial charge < -0.3 is 4.74 Å². The van der Waals surface area contributed by atoms with Gasteiger partial charge in [0.05, 0.1) is 0 Å². The van der Waals surface area contributed by atoms with Gasteiger partial charge in [0.1, 0.15) is 5.78 Å². The standard InChI is InChI=1S/C9H16O3S/c1-12-5-2-6-13(11)9-4-3-8(10)7-9/h9H,2-7H2,1H3. The summed E-state index contributed by atoms with van der Waals surface area (Å²) in [5, 5.41) is 0.129. The minimum absolute atomic E-state index is 0.129. The van der Waals surface area contributed by atoms with E-state index in [1.807, 2.05) is 0 Å². The molecular weight excluding hydrogens is 188 g/mol. The van der Waals surface area contributed by atoms with E-state index in [4.69, 9.17) is 4.74 Å². The maximum Gasteiger partial charge on any atom is 0.134 e. The molecule has 2 atom stereocenters. The molecule has 3 nitrogen and oxygen atoms in total. The maximum atomic E-state index is 11.6. The van der Waals surface area contributed by atoms with Crippen LogP contribution in [-0.2, 0) is 20.3 Å². The number of carbonyl (C=O) groups excluding carboxylic acids is 1. The van der Waals surface area contributed by atoms with E-state index >= 15 is 0 Å². The number of ether oxygens (including phenoxy) is 1.